The second kappa shape index (κ2) is 12.9. The molecule has 4 aromatic rings. The molecule has 1 heterocycles. The van der Waals surface area contributed by atoms with E-state index in [0.29, 0.717) is 40.2 Å². The fourth-order valence-corrected chi connectivity index (χ4v) is 3.88. The Bertz CT molecular complexity index is 1360. The summed E-state index contributed by atoms with van der Waals surface area (Å²) in [7, 11) is 0. The molecule has 188 valence electrons. The molecule has 0 spiro atoms. The highest BCUT2D eigenvalue weighted by atomic mass is 32.1. The lowest BCUT2D eigenvalue weighted by Crippen LogP contribution is -2.19. The van der Waals surface area contributed by atoms with Crippen molar-refractivity contribution >= 4 is 34.5 Å². The molecule has 2 N–H and O–H groups in total. The zero-order valence-corrected chi connectivity index (χ0v) is 20.9. The number of aryl methyl sites for hydroxylation is 1. The number of anilines is 1. The molecule has 1 aromatic heterocycles. The van der Waals surface area contributed by atoms with Crippen molar-refractivity contribution in [3.8, 4) is 11.5 Å². The number of rotatable bonds is 11. The Balaban J connectivity index is 1.23. The number of hydrogen-bond acceptors (Lipinski definition) is 8. The molecule has 4 rings (SSSR count). The summed E-state index contributed by atoms with van der Waals surface area (Å²) in [6.45, 7) is 2.76. The highest BCUT2D eigenvalue weighted by molar-refractivity contribution is 7.15. The van der Waals surface area contributed by atoms with E-state index in [4.69, 9.17) is 9.47 Å². The maximum absolute atomic E-state index is 12.3. The highest BCUT2D eigenvalue weighted by Crippen LogP contribution is 2.18. The third-order valence-electron chi connectivity index (χ3n) is 4.98. The van der Waals surface area contributed by atoms with Crippen molar-refractivity contribution in [3.63, 3.8) is 0 Å². The first-order valence-corrected chi connectivity index (χ1v) is 12.3. The van der Waals surface area contributed by atoms with E-state index >= 15 is 0 Å². The van der Waals surface area contributed by atoms with Gasteiger partial charge in [-0.15, -0.1) is 10.2 Å². The lowest BCUT2D eigenvalue weighted by Gasteiger charge is -2.10. The van der Waals surface area contributed by atoms with Gasteiger partial charge in [-0.2, -0.15) is 5.10 Å². The normalized spacial score (nSPS) is 10.7. The average molecular weight is 516 g/mol. The van der Waals surface area contributed by atoms with Crippen molar-refractivity contribution < 1.29 is 19.1 Å². The fraction of sp³-hybridized carbons (Fsp3) is 0.148. The van der Waals surface area contributed by atoms with E-state index in [9.17, 15) is 9.59 Å². The van der Waals surface area contributed by atoms with Crippen LogP contribution in [0.25, 0.3) is 0 Å². The first kappa shape index (κ1) is 25.5. The topological polar surface area (TPSA) is 115 Å². The molecule has 0 radical (unpaired) electrons. The van der Waals surface area contributed by atoms with Crippen LogP contribution in [0.15, 0.2) is 84.0 Å². The Labute approximate surface area is 218 Å². The van der Waals surface area contributed by atoms with Gasteiger partial charge in [0, 0.05) is 11.1 Å². The van der Waals surface area contributed by atoms with E-state index in [-0.39, 0.29) is 18.2 Å². The molecule has 0 saturated carbocycles. The Kier molecular flexibility index (Phi) is 8.92. The molecule has 0 aliphatic carbocycles. The van der Waals surface area contributed by atoms with Gasteiger partial charge in [0.25, 0.3) is 5.91 Å². The lowest BCUT2D eigenvalue weighted by molar-refractivity contribution is -0.120. The monoisotopic (exact) mass is 515 g/mol. The maximum Gasteiger partial charge on any atom is 0.257 e. The Morgan fingerprint density at radius 1 is 0.919 bits per heavy atom. The van der Waals surface area contributed by atoms with Crippen molar-refractivity contribution in [2.24, 2.45) is 5.10 Å². The number of carbonyl (C=O) groups is 2. The summed E-state index contributed by atoms with van der Waals surface area (Å²) >= 11 is 1.13. The van der Waals surface area contributed by atoms with Crippen LogP contribution in [0.4, 0.5) is 5.13 Å². The molecule has 9 nitrogen and oxygen atoms in total. The molecule has 0 aliphatic rings. The first-order valence-electron chi connectivity index (χ1n) is 11.5. The minimum Gasteiger partial charge on any atom is -0.490 e. The summed E-state index contributed by atoms with van der Waals surface area (Å²) in [5, 5.41) is 15.4. The second-order valence-corrected chi connectivity index (χ2v) is 8.90. The molecule has 10 heteroatoms. The molecule has 0 atom stereocenters. The minimum atomic E-state index is -0.363. The molecular weight excluding hydrogens is 490 g/mol. The summed E-state index contributed by atoms with van der Waals surface area (Å²) in [4.78, 5) is 24.5. The number of para-hydroxylation sites is 1. The molecule has 0 aliphatic heterocycles. The average Bonchev–Trinajstić information content (AvgIpc) is 3.35. The van der Waals surface area contributed by atoms with Gasteiger partial charge in [0.1, 0.15) is 29.7 Å². The van der Waals surface area contributed by atoms with Crippen molar-refractivity contribution in [1.29, 1.82) is 0 Å². The number of hydrogen-bond donors (Lipinski definition) is 2. The van der Waals surface area contributed by atoms with Gasteiger partial charge in [-0.1, -0.05) is 59.4 Å². The number of carbonyl (C=O) groups excluding carboxylic acids is 2. The number of amides is 2. The van der Waals surface area contributed by atoms with Crippen molar-refractivity contribution in [2.75, 3.05) is 18.5 Å². The molecule has 2 amide bonds. The molecule has 0 bridgehead atoms. The summed E-state index contributed by atoms with van der Waals surface area (Å²) < 4.78 is 11.5. The van der Waals surface area contributed by atoms with E-state index in [1.165, 1.54) is 11.8 Å². The van der Waals surface area contributed by atoms with Crippen LogP contribution in [0.3, 0.4) is 0 Å². The quantitative estimate of drug-likeness (QED) is 0.175. The van der Waals surface area contributed by atoms with Crippen LogP contribution in [0.2, 0.25) is 0 Å². The van der Waals surface area contributed by atoms with Crippen LogP contribution >= 0.6 is 11.3 Å². The van der Waals surface area contributed by atoms with E-state index in [0.717, 1.165) is 17.1 Å². The van der Waals surface area contributed by atoms with Crippen LogP contribution < -0.4 is 20.2 Å². The molecule has 37 heavy (non-hydrogen) atoms. The Morgan fingerprint density at radius 2 is 1.65 bits per heavy atom. The van der Waals surface area contributed by atoms with Gasteiger partial charge in [-0.3, -0.25) is 14.9 Å². The van der Waals surface area contributed by atoms with E-state index in [1.807, 2.05) is 61.5 Å². The van der Waals surface area contributed by atoms with Gasteiger partial charge >= 0.3 is 0 Å². The van der Waals surface area contributed by atoms with Crippen LogP contribution in [-0.2, 0) is 11.2 Å². The predicted molar refractivity (Wildman–Crippen MR) is 142 cm³/mol. The number of nitrogens with one attached hydrogen (secondary N) is 2. The predicted octanol–water partition coefficient (Wildman–Crippen LogP) is 4.25. The Hall–Kier alpha value is -4.57. The largest absolute Gasteiger partial charge is 0.490 e. The summed E-state index contributed by atoms with van der Waals surface area (Å²) in [5.41, 5.74) is 4.87. The molecule has 3 aromatic carbocycles. The third-order valence-corrected chi connectivity index (χ3v) is 5.82. The van der Waals surface area contributed by atoms with Gasteiger partial charge in [-0.25, -0.2) is 5.43 Å². The molecular formula is C27H25N5O4S. The molecule has 0 fully saturated rings. The standard InChI is InChI=1S/C27H25N5O4S/c1-19-11-13-22(14-12-19)35-15-16-36-23-10-6-5-9-21(23)18-28-30-24(33)17-25-31-32-27(37-25)29-26(34)20-7-3-2-4-8-20/h2-14,18H,15-17H2,1H3,(H,30,33)(H,29,32,34)/b28-18+. The fourth-order valence-electron chi connectivity index (χ4n) is 3.15. The minimum absolute atomic E-state index is 0.0231. The van der Waals surface area contributed by atoms with Crippen LogP contribution in [0.1, 0.15) is 26.5 Å². The van der Waals surface area contributed by atoms with E-state index < -0.39 is 0 Å². The van der Waals surface area contributed by atoms with Gasteiger partial charge in [0.15, 0.2) is 0 Å². The number of hydrazone groups is 1. The Morgan fingerprint density at radius 3 is 2.46 bits per heavy atom. The highest BCUT2D eigenvalue weighted by Gasteiger charge is 2.12. The summed E-state index contributed by atoms with van der Waals surface area (Å²) in [6.07, 6.45) is 1.49. The van der Waals surface area contributed by atoms with E-state index in [2.05, 4.69) is 26.0 Å². The van der Waals surface area contributed by atoms with Crippen LogP contribution in [-0.4, -0.2) is 41.4 Å². The number of aromatic nitrogens is 2. The van der Waals surface area contributed by atoms with Gasteiger partial charge < -0.3 is 9.47 Å². The SMILES string of the molecule is Cc1ccc(OCCOc2ccccc2/C=N/NC(=O)Cc2nnc(NC(=O)c3ccccc3)s2)cc1. The number of benzene rings is 3. The second-order valence-electron chi connectivity index (χ2n) is 7.84. The van der Waals surface area contributed by atoms with Crippen molar-refractivity contribution in [3.05, 3.63) is 101 Å². The van der Waals surface area contributed by atoms with E-state index in [1.54, 1.807) is 24.3 Å². The number of ether oxygens (including phenoxy) is 2. The zero-order chi connectivity index (χ0) is 25.9. The van der Waals surface area contributed by atoms with Crippen molar-refractivity contribution in [2.45, 2.75) is 13.3 Å². The van der Waals surface area contributed by atoms with Gasteiger partial charge in [0.2, 0.25) is 11.0 Å². The molecule has 0 saturated heterocycles. The lowest BCUT2D eigenvalue weighted by atomic mass is 10.2. The zero-order valence-electron chi connectivity index (χ0n) is 20.1. The van der Waals surface area contributed by atoms with Crippen LogP contribution in [0.5, 0.6) is 11.5 Å². The van der Waals surface area contributed by atoms with Gasteiger partial charge in [-0.05, 0) is 43.3 Å². The maximum atomic E-state index is 12.3. The van der Waals surface area contributed by atoms with Gasteiger partial charge in [0.05, 0.1) is 12.6 Å². The third kappa shape index (κ3) is 7.97. The summed E-state index contributed by atoms with van der Waals surface area (Å²) in [5.74, 6) is 0.752. The summed E-state index contributed by atoms with van der Waals surface area (Å²) in [6, 6.07) is 24.0. The first-order chi connectivity index (χ1) is 18.1. The van der Waals surface area contributed by atoms with Crippen LogP contribution in [0, 0.1) is 6.92 Å². The smallest absolute Gasteiger partial charge is 0.257 e. The number of nitrogens with zero attached hydrogens (tertiary/aromatic N) is 3. The molecule has 0 unspecified atom stereocenters. The van der Waals surface area contributed by atoms with Crippen molar-refractivity contribution in [1.82, 2.24) is 15.6 Å².